The van der Waals surface area contributed by atoms with E-state index in [4.69, 9.17) is 5.11 Å². The molecule has 1 aliphatic rings. The number of nitrogens with one attached hydrogen (secondary N) is 2. The molecule has 6 nitrogen and oxygen atoms in total. The molecule has 20 heavy (non-hydrogen) atoms. The fourth-order valence-electron chi connectivity index (χ4n) is 2.69. The van der Waals surface area contributed by atoms with E-state index in [1.807, 2.05) is 0 Å². The summed E-state index contributed by atoms with van der Waals surface area (Å²) in [7, 11) is 0. The van der Waals surface area contributed by atoms with Crippen molar-refractivity contribution in [1.29, 1.82) is 0 Å². The zero-order valence-corrected chi connectivity index (χ0v) is 12.1. The van der Waals surface area contributed by atoms with E-state index >= 15 is 0 Å². The number of aryl methyl sites for hydroxylation is 1. The van der Waals surface area contributed by atoms with Gasteiger partial charge in [0.05, 0.1) is 6.20 Å². The van der Waals surface area contributed by atoms with Crippen LogP contribution in [0.4, 0.5) is 10.6 Å². The normalized spacial score (nSPS) is 16.5. The van der Waals surface area contributed by atoms with Crippen molar-refractivity contribution in [3.8, 4) is 0 Å². The van der Waals surface area contributed by atoms with Crippen LogP contribution in [0.2, 0.25) is 0 Å². The van der Waals surface area contributed by atoms with Gasteiger partial charge in [0.2, 0.25) is 0 Å². The molecule has 0 aliphatic heterocycles. The molecule has 0 unspecified atom stereocenters. The summed E-state index contributed by atoms with van der Waals surface area (Å²) < 4.78 is 1.78. The zero-order valence-electron chi connectivity index (χ0n) is 12.1. The molecule has 3 N–H and O–H groups in total. The molecule has 0 aromatic carbocycles. The molecule has 1 saturated carbocycles. The van der Waals surface area contributed by atoms with Crippen LogP contribution in [0.3, 0.4) is 0 Å². The van der Waals surface area contributed by atoms with E-state index in [1.165, 1.54) is 6.42 Å². The molecule has 0 atom stereocenters. The van der Waals surface area contributed by atoms with Crippen molar-refractivity contribution in [2.24, 2.45) is 5.41 Å². The largest absolute Gasteiger partial charge is 0.396 e. The molecule has 1 aliphatic carbocycles. The fourth-order valence-corrected chi connectivity index (χ4v) is 2.69. The first kappa shape index (κ1) is 14.8. The minimum Gasteiger partial charge on any atom is -0.396 e. The van der Waals surface area contributed by atoms with Gasteiger partial charge in [-0.05, 0) is 31.1 Å². The molecule has 6 heteroatoms. The number of aliphatic hydroxyl groups excluding tert-OH is 1. The predicted molar refractivity (Wildman–Crippen MR) is 77.5 cm³/mol. The summed E-state index contributed by atoms with van der Waals surface area (Å²) in [5.41, 5.74) is 0.107. The number of urea groups is 1. The van der Waals surface area contributed by atoms with Crippen LogP contribution < -0.4 is 10.6 Å². The molecular formula is C14H24N4O2. The maximum absolute atomic E-state index is 11.9. The average molecular weight is 280 g/mol. The molecule has 0 radical (unpaired) electrons. The lowest BCUT2D eigenvalue weighted by atomic mass is 9.67. The zero-order chi connectivity index (χ0) is 14.4. The third kappa shape index (κ3) is 3.50. The SMILES string of the molecule is CCCn1nccc1NC(=O)NCC1(CCO)CCC1. The standard InChI is InChI=1S/C14H24N4O2/c1-2-9-18-12(4-8-16-18)17-13(20)15-11-14(7-10-19)5-3-6-14/h4,8,19H,2-3,5-7,9-11H2,1H3,(H2,15,17,20). The number of carbonyl (C=O) groups is 1. The predicted octanol–water partition coefficient (Wildman–Crippen LogP) is 1.97. The van der Waals surface area contributed by atoms with Crippen molar-refractivity contribution in [3.63, 3.8) is 0 Å². The summed E-state index contributed by atoms with van der Waals surface area (Å²) in [6.45, 7) is 3.67. The van der Waals surface area contributed by atoms with Crippen molar-refractivity contribution < 1.29 is 9.90 Å². The first-order valence-corrected chi connectivity index (χ1v) is 7.37. The molecule has 112 valence electrons. The van der Waals surface area contributed by atoms with Gasteiger partial charge in [0.25, 0.3) is 0 Å². The van der Waals surface area contributed by atoms with Crippen LogP contribution in [0.1, 0.15) is 39.0 Å². The highest BCUT2D eigenvalue weighted by molar-refractivity contribution is 5.88. The van der Waals surface area contributed by atoms with Crippen molar-refractivity contribution in [2.45, 2.75) is 45.6 Å². The van der Waals surface area contributed by atoms with Crippen molar-refractivity contribution >= 4 is 11.8 Å². The van der Waals surface area contributed by atoms with E-state index in [9.17, 15) is 4.79 Å². The topological polar surface area (TPSA) is 79.2 Å². The number of hydrogen-bond acceptors (Lipinski definition) is 3. The van der Waals surface area contributed by atoms with Gasteiger partial charge in [-0.1, -0.05) is 13.3 Å². The maximum Gasteiger partial charge on any atom is 0.320 e. The maximum atomic E-state index is 11.9. The summed E-state index contributed by atoms with van der Waals surface area (Å²) in [5, 5.41) is 19.0. The van der Waals surface area contributed by atoms with Crippen LogP contribution in [0.5, 0.6) is 0 Å². The number of amides is 2. The van der Waals surface area contributed by atoms with Gasteiger partial charge in [-0.2, -0.15) is 5.10 Å². The number of carbonyl (C=O) groups excluding carboxylic acids is 1. The summed E-state index contributed by atoms with van der Waals surface area (Å²) in [6.07, 6.45) is 6.78. The Morgan fingerprint density at radius 3 is 2.95 bits per heavy atom. The number of nitrogens with zero attached hydrogens (tertiary/aromatic N) is 2. The van der Waals surface area contributed by atoms with E-state index in [2.05, 4.69) is 22.7 Å². The lowest BCUT2D eigenvalue weighted by molar-refractivity contribution is 0.0892. The number of aliphatic hydroxyl groups is 1. The quantitative estimate of drug-likeness (QED) is 0.714. The minimum absolute atomic E-state index is 0.107. The molecule has 1 fully saturated rings. The molecule has 0 saturated heterocycles. The molecule has 1 aromatic rings. The number of aromatic nitrogens is 2. The Balaban J connectivity index is 1.81. The lowest BCUT2D eigenvalue weighted by Crippen LogP contribution is -2.44. The van der Waals surface area contributed by atoms with Crippen molar-refractivity contribution in [3.05, 3.63) is 12.3 Å². The Morgan fingerprint density at radius 2 is 2.35 bits per heavy atom. The highest BCUT2D eigenvalue weighted by Gasteiger charge is 2.36. The van der Waals surface area contributed by atoms with Crippen LogP contribution in [0.15, 0.2) is 12.3 Å². The van der Waals surface area contributed by atoms with Crippen molar-refractivity contribution in [1.82, 2.24) is 15.1 Å². The summed E-state index contributed by atoms with van der Waals surface area (Å²) >= 11 is 0. The smallest absolute Gasteiger partial charge is 0.320 e. The third-order valence-corrected chi connectivity index (χ3v) is 4.07. The molecule has 2 rings (SSSR count). The summed E-state index contributed by atoms with van der Waals surface area (Å²) in [5.74, 6) is 0.717. The number of rotatable bonds is 7. The Bertz CT molecular complexity index is 440. The second kappa shape index (κ2) is 6.74. The van der Waals surface area contributed by atoms with E-state index in [1.54, 1.807) is 16.9 Å². The van der Waals surface area contributed by atoms with Crippen LogP contribution in [-0.2, 0) is 6.54 Å². The van der Waals surface area contributed by atoms with Gasteiger partial charge in [0, 0.05) is 25.8 Å². The van der Waals surface area contributed by atoms with E-state index < -0.39 is 0 Å². The molecule has 1 aromatic heterocycles. The first-order chi connectivity index (χ1) is 9.69. The van der Waals surface area contributed by atoms with Gasteiger partial charge >= 0.3 is 6.03 Å². The lowest BCUT2D eigenvalue weighted by Gasteiger charge is -2.41. The molecule has 1 heterocycles. The monoisotopic (exact) mass is 280 g/mol. The summed E-state index contributed by atoms with van der Waals surface area (Å²) in [6, 6.07) is 1.59. The Morgan fingerprint density at radius 1 is 1.55 bits per heavy atom. The summed E-state index contributed by atoms with van der Waals surface area (Å²) in [4.78, 5) is 11.9. The van der Waals surface area contributed by atoms with E-state index in [0.717, 1.165) is 32.2 Å². The van der Waals surface area contributed by atoms with Gasteiger partial charge in [0.15, 0.2) is 0 Å². The van der Waals surface area contributed by atoms with Gasteiger partial charge in [-0.15, -0.1) is 0 Å². The molecule has 0 spiro atoms. The average Bonchev–Trinajstić information content (AvgIpc) is 2.80. The van der Waals surface area contributed by atoms with Crippen LogP contribution in [0.25, 0.3) is 0 Å². The molecule has 2 amide bonds. The molecular weight excluding hydrogens is 256 g/mol. The van der Waals surface area contributed by atoms with Crippen molar-refractivity contribution in [2.75, 3.05) is 18.5 Å². The molecule has 0 bridgehead atoms. The van der Waals surface area contributed by atoms with E-state index in [0.29, 0.717) is 12.4 Å². The second-order valence-corrected chi connectivity index (χ2v) is 5.57. The van der Waals surface area contributed by atoms with Crippen LogP contribution in [-0.4, -0.2) is 34.1 Å². The van der Waals surface area contributed by atoms with E-state index in [-0.39, 0.29) is 18.1 Å². The van der Waals surface area contributed by atoms with Gasteiger partial charge in [-0.25, -0.2) is 9.48 Å². The first-order valence-electron chi connectivity index (χ1n) is 7.37. The number of hydrogen-bond donors (Lipinski definition) is 3. The van der Waals surface area contributed by atoms with Gasteiger partial charge in [-0.3, -0.25) is 5.32 Å². The number of anilines is 1. The Labute approximate surface area is 119 Å². The Hall–Kier alpha value is -1.56. The van der Waals surface area contributed by atoms with Gasteiger partial charge in [0.1, 0.15) is 5.82 Å². The van der Waals surface area contributed by atoms with Crippen LogP contribution >= 0.6 is 0 Å². The minimum atomic E-state index is -0.202. The fraction of sp³-hybridized carbons (Fsp3) is 0.714. The highest BCUT2D eigenvalue weighted by atomic mass is 16.3. The Kier molecular flexibility index (Phi) is 5.00. The van der Waals surface area contributed by atoms with Crippen LogP contribution in [0, 0.1) is 5.41 Å². The third-order valence-electron chi connectivity index (χ3n) is 4.07. The highest BCUT2D eigenvalue weighted by Crippen LogP contribution is 2.43. The second-order valence-electron chi connectivity index (χ2n) is 5.57. The van der Waals surface area contributed by atoms with Gasteiger partial charge < -0.3 is 10.4 Å².